The summed E-state index contributed by atoms with van der Waals surface area (Å²) in [4.78, 5) is 26.5. The first-order chi connectivity index (χ1) is 9.47. The lowest BCUT2D eigenvalue weighted by Crippen LogP contribution is -2.10. The van der Waals surface area contributed by atoms with Gasteiger partial charge in [0.05, 0.1) is 5.69 Å². The number of aromatic nitrogens is 1. The number of carboxylic acid groups (broad SMARTS) is 1. The molecule has 2 aromatic rings. The van der Waals surface area contributed by atoms with Gasteiger partial charge in [-0.2, -0.15) is 0 Å². The van der Waals surface area contributed by atoms with E-state index < -0.39 is 11.9 Å². The van der Waals surface area contributed by atoms with Crippen LogP contribution in [0.5, 0.6) is 0 Å². The van der Waals surface area contributed by atoms with Gasteiger partial charge in [0.2, 0.25) is 5.91 Å². The Balaban J connectivity index is 2.09. The highest BCUT2D eigenvalue weighted by Crippen LogP contribution is 2.29. The van der Waals surface area contributed by atoms with Crippen molar-refractivity contribution in [3.8, 4) is 0 Å². The maximum Gasteiger partial charge on any atom is 0.347 e. The summed E-state index contributed by atoms with van der Waals surface area (Å²) in [6.07, 6.45) is 0. The van der Waals surface area contributed by atoms with Gasteiger partial charge in [0.1, 0.15) is 4.88 Å². The summed E-state index contributed by atoms with van der Waals surface area (Å²) < 4.78 is 0.698. The number of carbonyl (C=O) groups is 2. The molecule has 1 amide bonds. The van der Waals surface area contributed by atoms with Gasteiger partial charge >= 0.3 is 5.97 Å². The standard InChI is InChI=1S/C13H12N2O3S2/c1-7-10(12(17)18)20-13(15-7)19-6-8-3-2-4-9(5-8)11(14)16/h2-5H,6H2,1H3,(H2,14,16)(H,17,18). The molecule has 1 heterocycles. The molecule has 0 saturated heterocycles. The van der Waals surface area contributed by atoms with Crippen molar-refractivity contribution in [2.45, 2.75) is 17.0 Å². The predicted octanol–water partition coefficient (Wildman–Crippen LogP) is 2.54. The number of nitrogens with zero attached hydrogens (tertiary/aromatic N) is 1. The molecule has 0 aliphatic rings. The highest BCUT2D eigenvalue weighted by Gasteiger charge is 2.14. The summed E-state index contributed by atoms with van der Waals surface area (Å²) in [5, 5.41) is 8.97. The van der Waals surface area contributed by atoms with Crippen LogP contribution >= 0.6 is 23.1 Å². The summed E-state index contributed by atoms with van der Waals surface area (Å²) in [5.41, 5.74) is 7.15. The fourth-order valence-electron chi connectivity index (χ4n) is 1.59. The monoisotopic (exact) mass is 308 g/mol. The average molecular weight is 308 g/mol. The van der Waals surface area contributed by atoms with Crippen molar-refractivity contribution in [3.05, 3.63) is 46.0 Å². The minimum atomic E-state index is -0.956. The van der Waals surface area contributed by atoms with Gasteiger partial charge < -0.3 is 10.8 Å². The van der Waals surface area contributed by atoms with Crippen LogP contribution in [-0.2, 0) is 5.75 Å². The Labute approximate surface area is 123 Å². The molecule has 0 bridgehead atoms. The number of carbonyl (C=O) groups excluding carboxylic acids is 1. The summed E-state index contributed by atoms with van der Waals surface area (Å²) in [5.74, 6) is -0.815. The molecule has 0 spiro atoms. The van der Waals surface area contributed by atoms with Crippen LogP contribution in [0.15, 0.2) is 28.6 Å². The molecule has 1 aromatic heterocycles. The molecule has 7 heteroatoms. The number of hydrogen-bond donors (Lipinski definition) is 2. The van der Waals surface area contributed by atoms with Gasteiger partial charge in [-0.25, -0.2) is 9.78 Å². The van der Waals surface area contributed by atoms with Crippen molar-refractivity contribution in [1.82, 2.24) is 4.98 Å². The third-order valence-electron chi connectivity index (χ3n) is 2.55. The minimum absolute atomic E-state index is 0.262. The van der Waals surface area contributed by atoms with E-state index in [0.29, 0.717) is 21.3 Å². The van der Waals surface area contributed by atoms with Crippen molar-refractivity contribution < 1.29 is 14.7 Å². The molecular formula is C13H12N2O3S2. The van der Waals surface area contributed by atoms with Crippen molar-refractivity contribution in [2.75, 3.05) is 0 Å². The molecule has 5 nitrogen and oxygen atoms in total. The second-order valence-corrected chi connectivity index (χ2v) is 6.27. The molecule has 3 N–H and O–H groups in total. The molecule has 0 aliphatic carbocycles. The number of primary amides is 1. The number of hydrogen-bond acceptors (Lipinski definition) is 5. The van der Waals surface area contributed by atoms with Gasteiger partial charge in [-0.05, 0) is 24.6 Å². The fraction of sp³-hybridized carbons (Fsp3) is 0.154. The molecule has 2 rings (SSSR count). The van der Waals surface area contributed by atoms with Crippen LogP contribution in [0.25, 0.3) is 0 Å². The summed E-state index contributed by atoms with van der Waals surface area (Å²) in [6, 6.07) is 7.05. The van der Waals surface area contributed by atoms with Gasteiger partial charge in [-0.15, -0.1) is 11.3 Å². The molecule has 0 radical (unpaired) electrons. The van der Waals surface area contributed by atoms with E-state index in [9.17, 15) is 9.59 Å². The summed E-state index contributed by atoms with van der Waals surface area (Å²) in [7, 11) is 0. The zero-order valence-corrected chi connectivity index (χ0v) is 12.3. The van der Waals surface area contributed by atoms with Gasteiger partial charge in [-0.3, -0.25) is 4.79 Å². The van der Waals surface area contributed by atoms with E-state index in [1.54, 1.807) is 25.1 Å². The summed E-state index contributed by atoms with van der Waals surface area (Å²) >= 11 is 2.60. The first-order valence-corrected chi connectivity index (χ1v) is 7.50. The van der Waals surface area contributed by atoms with E-state index in [2.05, 4.69) is 4.98 Å². The van der Waals surface area contributed by atoms with Crippen LogP contribution < -0.4 is 5.73 Å². The normalized spacial score (nSPS) is 10.4. The molecule has 0 atom stereocenters. The first kappa shape index (κ1) is 14.5. The predicted molar refractivity (Wildman–Crippen MR) is 78.3 cm³/mol. The van der Waals surface area contributed by atoms with Crippen molar-refractivity contribution in [1.29, 1.82) is 0 Å². The Morgan fingerprint density at radius 2 is 2.20 bits per heavy atom. The SMILES string of the molecule is Cc1nc(SCc2cccc(C(N)=O)c2)sc1C(=O)O. The largest absolute Gasteiger partial charge is 0.477 e. The highest BCUT2D eigenvalue weighted by atomic mass is 32.2. The highest BCUT2D eigenvalue weighted by molar-refractivity contribution is 8.00. The van der Waals surface area contributed by atoms with Gasteiger partial charge in [0.25, 0.3) is 0 Å². The minimum Gasteiger partial charge on any atom is -0.477 e. The van der Waals surface area contributed by atoms with Gasteiger partial charge in [0, 0.05) is 11.3 Å². The van der Waals surface area contributed by atoms with Crippen LogP contribution in [0.1, 0.15) is 31.3 Å². The van der Waals surface area contributed by atoms with E-state index in [1.165, 1.54) is 11.8 Å². The number of aromatic carboxylic acids is 1. The Bertz CT molecular complexity index is 667. The number of aryl methyl sites for hydroxylation is 1. The molecule has 0 aliphatic heterocycles. The Morgan fingerprint density at radius 3 is 2.80 bits per heavy atom. The van der Waals surface area contributed by atoms with E-state index >= 15 is 0 Å². The number of thiazole rings is 1. The third-order valence-corrected chi connectivity index (χ3v) is 4.90. The van der Waals surface area contributed by atoms with E-state index in [-0.39, 0.29) is 4.88 Å². The molecule has 0 unspecified atom stereocenters. The van der Waals surface area contributed by atoms with Crippen LogP contribution in [0.2, 0.25) is 0 Å². The van der Waals surface area contributed by atoms with E-state index in [4.69, 9.17) is 10.8 Å². The maximum atomic E-state index is 11.1. The lowest BCUT2D eigenvalue weighted by Gasteiger charge is -2.01. The number of thioether (sulfide) groups is 1. The average Bonchev–Trinajstić information content (AvgIpc) is 2.78. The first-order valence-electron chi connectivity index (χ1n) is 5.69. The maximum absolute atomic E-state index is 11.1. The van der Waals surface area contributed by atoms with Gasteiger partial charge in [0.15, 0.2) is 4.34 Å². The summed E-state index contributed by atoms with van der Waals surface area (Å²) in [6.45, 7) is 1.68. The number of benzene rings is 1. The van der Waals surface area contributed by atoms with Crippen LogP contribution in [0.4, 0.5) is 0 Å². The smallest absolute Gasteiger partial charge is 0.347 e. The van der Waals surface area contributed by atoms with Crippen LogP contribution in [0.3, 0.4) is 0 Å². The van der Waals surface area contributed by atoms with E-state index in [0.717, 1.165) is 16.9 Å². The molecule has 20 heavy (non-hydrogen) atoms. The number of carboxylic acids is 1. The molecule has 104 valence electrons. The molecular weight excluding hydrogens is 296 g/mol. The second-order valence-electron chi connectivity index (χ2n) is 4.05. The quantitative estimate of drug-likeness (QED) is 0.828. The Hall–Kier alpha value is -1.86. The zero-order valence-electron chi connectivity index (χ0n) is 10.6. The topological polar surface area (TPSA) is 93.3 Å². The lowest BCUT2D eigenvalue weighted by atomic mass is 10.1. The van der Waals surface area contributed by atoms with Gasteiger partial charge in [-0.1, -0.05) is 23.9 Å². The molecule has 0 fully saturated rings. The Morgan fingerprint density at radius 1 is 1.45 bits per heavy atom. The van der Waals surface area contributed by atoms with Crippen LogP contribution in [0, 0.1) is 6.92 Å². The van der Waals surface area contributed by atoms with Crippen molar-refractivity contribution in [3.63, 3.8) is 0 Å². The number of nitrogens with two attached hydrogens (primary N) is 1. The number of rotatable bonds is 5. The fourth-order valence-corrected chi connectivity index (χ4v) is 3.56. The lowest BCUT2D eigenvalue weighted by molar-refractivity contribution is 0.0701. The number of amides is 1. The van der Waals surface area contributed by atoms with Crippen LogP contribution in [-0.4, -0.2) is 22.0 Å². The third kappa shape index (κ3) is 3.37. The molecule has 1 aromatic carbocycles. The Kier molecular flexibility index (Phi) is 4.41. The van der Waals surface area contributed by atoms with Crippen molar-refractivity contribution >= 4 is 35.0 Å². The molecule has 0 saturated carbocycles. The second kappa shape index (κ2) is 6.06. The zero-order chi connectivity index (χ0) is 14.7. The van der Waals surface area contributed by atoms with E-state index in [1.807, 2.05) is 6.07 Å². The van der Waals surface area contributed by atoms with Crippen molar-refractivity contribution in [2.24, 2.45) is 5.73 Å².